The topological polar surface area (TPSA) is 59.2 Å². The summed E-state index contributed by atoms with van der Waals surface area (Å²) in [5, 5.41) is 13.3. The van der Waals surface area contributed by atoms with Gasteiger partial charge in [0.1, 0.15) is 0 Å². The molecule has 0 fully saturated rings. The Kier molecular flexibility index (Phi) is 4.62. The Labute approximate surface area is 119 Å². The van der Waals surface area contributed by atoms with Crippen LogP contribution in [-0.2, 0) is 12.6 Å². The molecule has 0 aliphatic carbocycles. The molecule has 0 spiro atoms. The van der Waals surface area contributed by atoms with Crippen molar-refractivity contribution in [2.45, 2.75) is 38.5 Å². The van der Waals surface area contributed by atoms with Crippen LogP contribution in [0, 0.1) is 0 Å². The number of hydrogen-bond donors (Lipinski definition) is 1. The highest BCUT2D eigenvalue weighted by Gasteiger charge is 2.30. The lowest BCUT2D eigenvalue weighted by molar-refractivity contribution is -0.137. The number of aliphatic hydroxyl groups excluding tert-OH is 1. The highest BCUT2D eigenvalue weighted by Crippen LogP contribution is 2.31. The monoisotopic (exact) mass is 300 g/mol. The lowest BCUT2D eigenvalue weighted by atomic mass is 10.1. The van der Waals surface area contributed by atoms with Crippen molar-refractivity contribution < 1.29 is 22.8 Å². The fraction of sp³-hybridized carbons (Fsp3) is 0.429. The molecule has 0 saturated heterocycles. The van der Waals surface area contributed by atoms with Crippen molar-refractivity contribution >= 4 is 0 Å². The van der Waals surface area contributed by atoms with Crippen LogP contribution in [-0.4, -0.2) is 21.4 Å². The standard InChI is InChI=1S/C14H15F3N2O2/c1-2-4-11(20)8-12-18-13(19-21-12)9-5-3-6-10(7-9)14(15,16)17/h3,5-7,11,20H,2,4,8H2,1H3. The summed E-state index contributed by atoms with van der Waals surface area (Å²) < 4.78 is 42.9. The van der Waals surface area contributed by atoms with Crippen LogP contribution in [0.25, 0.3) is 11.4 Å². The van der Waals surface area contributed by atoms with E-state index in [1.165, 1.54) is 12.1 Å². The minimum absolute atomic E-state index is 0.0831. The second kappa shape index (κ2) is 6.26. The first kappa shape index (κ1) is 15.5. The Bertz CT molecular complexity index is 596. The quantitative estimate of drug-likeness (QED) is 0.918. The zero-order chi connectivity index (χ0) is 15.5. The maximum absolute atomic E-state index is 12.6. The Morgan fingerprint density at radius 1 is 1.33 bits per heavy atom. The minimum atomic E-state index is -4.42. The van der Waals surface area contributed by atoms with Crippen LogP contribution in [0.5, 0.6) is 0 Å². The van der Waals surface area contributed by atoms with Gasteiger partial charge in [0.05, 0.1) is 18.1 Å². The molecule has 7 heteroatoms. The summed E-state index contributed by atoms with van der Waals surface area (Å²) in [4.78, 5) is 4.02. The van der Waals surface area contributed by atoms with E-state index < -0.39 is 17.8 Å². The molecule has 0 saturated carbocycles. The molecule has 1 aromatic heterocycles. The first-order valence-corrected chi connectivity index (χ1v) is 6.58. The summed E-state index contributed by atoms with van der Waals surface area (Å²) in [6, 6.07) is 4.72. The third kappa shape index (κ3) is 4.04. The van der Waals surface area contributed by atoms with Crippen LogP contribution in [0.1, 0.15) is 31.2 Å². The van der Waals surface area contributed by atoms with Crippen molar-refractivity contribution in [2.75, 3.05) is 0 Å². The SMILES string of the molecule is CCCC(O)Cc1nc(-c2cccc(C(F)(F)F)c2)no1. The van der Waals surface area contributed by atoms with Gasteiger partial charge in [0, 0.05) is 5.56 Å². The fourth-order valence-corrected chi connectivity index (χ4v) is 1.93. The zero-order valence-electron chi connectivity index (χ0n) is 11.4. The Hall–Kier alpha value is -1.89. The Morgan fingerprint density at radius 2 is 2.10 bits per heavy atom. The summed E-state index contributed by atoms with van der Waals surface area (Å²) in [6.07, 6.45) is -3.40. The van der Waals surface area contributed by atoms with Gasteiger partial charge in [-0.05, 0) is 18.6 Å². The molecular formula is C14H15F3N2O2. The van der Waals surface area contributed by atoms with Crippen molar-refractivity contribution in [3.8, 4) is 11.4 Å². The number of aliphatic hydroxyl groups is 1. The van der Waals surface area contributed by atoms with E-state index in [2.05, 4.69) is 10.1 Å². The summed E-state index contributed by atoms with van der Waals surface area (Å²) in [5.74, 6) is 0.295. The Morgan fingerprint density at radius 3 is 2.76 bits per heavy atom. The van der Waals surface area contributed by atoms with Gasteiger partial charge in [-0.3, -0.25) is 0 Å². The molecule has 1 N–H and O–H groups in total. The first-order chi connectivity index (χ1) is 9.90. The number of benzene rings is 1. The molecule has 0 bridgehead atoms. The summed E-state index contributed by atoms with van der Waals surface area (Å²) in [7, 11) is 0. The van der Waals surface area contributed by atoms with Crippen LogP contribution in [0.2, 0.25) is 0 Å². The van der Waals surface area contributed by atoms with Crippen LogP contribution in [0.15, 0.2) is 28.8 Å². The highest BCUT2D eigenvalue weighted by molar-refractivity contribution is 5.55. The van der Waals surface area contributed by atoms with Gasteiger partial charge in [0.15, 0.2) is 0 Å². The van der Waals surface area contributed by atoms with E-state index in [0.29, 0.717) is 6.42 Å². The number of hydrogen-bond acceptors (Lipinski definition) is 4. The molecule has 114 valence electrons. The second-order valence-electron chi connectivity index (χ2n) is 4.74. The number of halogens is 3. The molecule has 21 heavy (non-hydrogen) atoms. The third-order valence-corrected chi connectivity index (χ3v) is 2.95. The molecule has 2 aromatic rings. The van der Waals surface area contributed by atoms with Crippen LogP contribution >= 0.6 is 0 Å². The number of aromatic nitrogens is 2. The summed E-state index contributed by atoms with van der Waals surface area (Å²) >= 11 is 0. The van der Waals surface area contributed by atoms with Gasteiger partial charge in [0.2, 0.25) is 11.7 Å². The van der Waals surface area contributed by atoms with E-state index in [-0.39, 0.29) is 23.7 Å². The first-order valence-electron chi connectivity index (χ1n) is 6.58. The molecule has 0 aliphatic rings. The van der Waals surface area contributed by atoms with Crippen molar-refractivity contribution in [1.82, 2.24) is 10.1 Å². The average molecular weight is 300 g/mol. The van der Waals surface area contributed by atoms with E-state index in [4.69, 9.17) is 4.52 Å². The van der Waals surface area contributed by atoms with Crippen molar-refractivity contribution in [3.63, 3.8) is 0 Å². The van der Waals surface area contributed by atoms with Crippen molar-refractivity contribution in [1.29, 1.82) is 0 Å². The van der Waals surface area contributed by atoms with Gasteiger partial charge in [-0.1, -0.05) is 30.6 Å². The smallest absolute Gasteiger partial charge is 0.393 e. The van der Waals surface area contributed by atoms with Gasteiger partial charge in [-0.25, -0.2) is 0 Å². The summed E-state index contributed by atoms with van der Waals surface area (Å²) in [5.41, 5.74) is -0.540. The fourth-order valence-electron chi connectivity index (χ4n) is 1.93. The van der Waals surface area contributed by atoms with Crippen molar-refractivity contribution in [2.24, 2.45) is 0 Å². The van der Waals surface area contributed by atoms with E-state index in [0.717, 1.165) is 18.6 Å². The molecule has 1 atom stereocenters. The molecule has 0 aliphatic heterocycles. The number of alkyl halides is 3. The molecule has 2 rings (SSSR count). The summed E-state index contributed by atoms with van der Waals surface area (Å²) in [6.45, 7) is 1.94. The van der Waals surface area contributed by atoms with Gasteiger partial charge in [0.25, 0.3) is 0 Å². The maximum Gasteiger partial charge on any atom is 0.416 e. The zero-order valence-corrected chi connectivity index (χ0v) is 11.4. The molecule has 4 nitrogen and oxygen atoms in total. The normalized spacial score (nSPS) is 13.4. The van der Waals surface area contributed by atoms with Crippen molar-refractivity contribution in [3.05, 3.63) is 35.7 Å². The van der Waals surface area contributed by atoms with E-state index in [1.807, 2.05) is 6.92 Å². The second-order valence-corrected chi connectivity index (χ2v) is 4.74. The van der Waals surface area contributed by atoms with Gasteiger partial charge in [-0.2, -0.15) is 18.2 Å². The average Bonchev–Trinajstić information content (AvgIpc) is 2.86. The van der Waals surface area contributed by atoms with Crippen LogP contribution in [0.3, 0.4) is 0 Å². The maximum atomic E-state index is 12.6. The molecule has 1 heterocycles. The molecule has 0 radical (unpaired) electrons. The number of nitrogens with zero attached hydrogens (tertiary/aromatic N) is 2. The van der Waals surface area contributed by atoms with Gasteiger partial charge < -0.3 is 9.63 Å². The lowest BCUT2D eigenvalue weighted by Gasteiger charge is -2.06. The van der Waals surface area contributed by atoms with E-state index in [9.17, 15) is 18.3 Å². The predicted molar refractivity (Wildman–Crippen MR) is 69.4 cm³/mol. The Balaban J connectivity index is 2.18. The van der Waals surface area contributed by atoms with E-state index in [1.54, 1.807) is 0 Å². The molecule has 0 amide bonds. The largest absolute Gasteiger partial charge is 0.416 e. The predicted octanol–water partition coefficient (Wildman–Crippen LogP) is 3.46. The van der Waals surface area contributed by atoms with Gasteiger partial charge >= 0.3 is 6.18 Å². The van der Waals surface area contributed by atoms with Crippen LogP contribution in [0.4, 0.5) is 13.2 Å². The molecule has 1 aromatic carbocycles. The van der Waals surface area contributed by atoms with Crippen LogP contribution < -0.4 is 0 Å². The molecular weight excluding hydrogens is 285 g/mol. The number of rotatable bonds is 5. The minimum Gasteiger partial charge on any atom is -0.393 e. The highest BCUT2D eigenvalue weighted by atomic mass is 19.4. The lowest BCUT2D eigenvalue weighted by Crippen LogP contribution is -2.09. The van der Waals surface area contributed by atoms with Gasteiger partial charge in [-0.15, -0.1) is 0 Å². The third-order valence-electron chi connectivity index (χ3n) is 2.95. The molecule has 1 unspecified atom stereocenters. The van der Waals surface area contributed by atoms with E-state index >= 15 is 0 Å².